The second-order valence-corrected chi connectivity index (χ2v) is 16.8. The Morgan fingerprint density at radius 3 is 1.41 bits per heavy atom. The molecule has 294 valence electrons. The molecule has 63 heavy (non-hydrogen) atoms. The number of fused-ring (bicyclic) bond motifs is 15. The molecule has 0 aliphatic heterocycles. The molecule has 0 saturated heterocycles. The van der Waals surface area contributed by atoms with E-state index < -0.39 is 5.41 Å². The van der Waals surface area contributed by atoms with Gasteiger partial charge >= 0.3 is 0 Å². The Bertz CT molecular complexity index is 3550. The maximum Gasteiger partial charge on any atom is 0.136 e. The van der Waals surface area contributed by atoms with Crippen molar-refractivity contribution in [2.24, 2.45) is 0 Å². The van der Waals surface area contributed by atoms with Crippen LogP contribution in [0.5, 0.6) is 0 Å². The van der Waals surface area contributed by atoms with Crippen LogP contribution in [-0.4, -0.2) is 0 Å². The summed E-state index contributed by atoms with van der Waals surface area (Å²) in [5.41, 5.74) is 21.8. The zero-order chi connectivity index (χ0) is 41.5. The third-order valence-corrected chi connectivity index (χ3v) is 13.5. The summed E-state index contributed by atoms with van der Waals surface area (Å²) in [5.74, 6) is 0. The quantitative estimate of drug-likeness (QED) is 0.172. The third kappa shape index (κ3) is 5.32. The number of hydrogen-bond acceptors (Lipinski definition) is 2. The van der Waals surface area contributed by atoms with E-state index in [1.54, 1.807) is 0 Å². The molecule has 13 rings (SSSR count). The zero-order valence-corrected chi connectivity index (χ0v) is 34.4. The van der Waals surface area contributed by atoms with Crippen molar-refractivity contribution in [1.29, 1.82) is 0 Å². The van der Waals surface area contributed by atoms with Crippen molar-refractivity contribution >= 4 is 39.0 Å². The third-order valence-electron chi connectivity index (χ3n) is 13.5. The van der Waals surface area contributed by atoms with Crippen molar-refractivity contribution in [2.45, 2.75) is 5.41 Å². The smallest absolute Gasteiger partial charge is 0.136 e. The van der Waals surface area contributed by atoms with Gasteiger partial charge in [0.1, 0.15) is 11.2 Å². The van der Waals surface area contributed by atoms with Crippen LogP contribution in [0.15, 0.2) is 241 Å². The molecule has 10 aromatic carbocycles. The molecule has 1 aromatic heterocycles. The summed E-state index contributed by atoms with van der Waals surface area (Å²) in [6.45, 7) is 0. The lowest BCUT2D eigenvalue weighted by atomic mass is 9.65. The fraction of sp³-hybridized carbons (Fsp3) is 0.0164. The van der Waals surface area contributed by atoms with E-state index in [-0.39, 0.29) is 0 Å². The first-order valence-electron chi connectivity index (χ1n) is 21.7. The van der Waals surface area contributed by atoms with Gasteiger partial charge in [-0.1, -0.05) is 182 Å². The summed E-state index contributed by atoms with van der Waals surface area (Å²) in [6.07, 6.45) is 0. The normalized spacial score (nSPS) is 14.4. The van der Waals surface area contributed by atoms with Crippen LogP contribution in [0.4, 0.5) is 17.1 Å². The van der Waals surface area contributed by atoms with E-state index in [1.807, 2.05) is 0 Å². The van der Waals surface area contributed by atoms with Crippen LogP contribution >= 0.6 is 0 Å². The lowest BCUT2D eigenvalue weighted by molar-refractivity contribution is 0.668. The average Bonchev–Trinajstić information content (AvgIpc) is 3.83. The van der Waals surface area contributed by atoms with Crippen molar-refractivity contribution in [2.75, 3.05) is 4.90 Å². The number of para-hydroxylation sites is 2. The maximum absolute atomic E-state index is 6.56. The first-order valence-corrected chi connectivity index (χ1v) is 21.7. The minimum absolute atomic E-state index is 0.614. The van der Waals surface area contributed by atoms with Gasteiger partial charge in [-0.3, -0.25) is 0 Å². The first kappa shape index (κ1) is 35.5. The summed E-state index contributed by atoms with van der Waals surface area (Å²) in [7, 11) is 0. The Labute approximate surface area is 366 Å². The molecule has 2 aliphatic rings. The SMILES string of the molecule is c1ccc(-c2ccc(-c3ccc(N(c4ccccc4)c4ccc5c(c4)-c4ccccc4-c4ccccc4C54c5ccccc5-c5cc6oc7ccccc7c6cc54)cc3)cc2)cc1. The molecule has 1 heterocycles. The lowest BCUT2D eigenvalue weighted by Crippen LogP contribution is -2.29. The van der Waals surface area contributed by atoms with Crippen molar-refractivity contribution in [1.82, 2.24) is 0 Å². The second kappa shape index (κ2) is 13.9. The van der Waals surface area contributed by atoms with E-state index in [9.17, 15) is 0 Å². The average molecular weight is 802 g/mol. The van der Waals surface area contributed by atoms with Gasteiger partial charge < -0.3 is 9.32 Å². The van der Waals surface area contributed by atoms with Gasteiger partial charge in [0, 0.05) is 27.8 Å². The van der Waals surface area contributed by atoms with Crippen LogP contribution in [0, 0.1) is 0 Å². The van der Waals surface area contributed by atoms with Crippen LogP contribution in [0.2, 0.25) is 0 Å². The van der Waals surface area contributed by atoms with Gasteiger partial charge in [-0.05, 0) is 132 Å². The highest BCUT2D eigenvalue weighted by atomic mass is 16.3. The summed E-state index contributed by atoms with van der Waals surface area (Å²) in [6, 6.07) is 86.7. The standard InChI is InChI=1S/C61H39NO/c1-3-15-40(16-4-1)41-27-29-42(30-28-41)43-31-33-45(34-32-43)62(44-17-5-2-6-18-44)46-35-36-57-52(37-46)48-20-8-7-19-47(48)49-21-9-12-24-55(49)61(57)56-25-13-10-22-50(56)53-39-60-54(38-58(53)61)51-23-11-14-26-59(51)63-60/h1-39H. The van der Waals surface area contributed by atoms with E-state index in [4.69, 9.17) is 4.42 Å². The van der Waals surface area contributed by atoms with E-state index in [0.29, 0.717) is 0 Å². The van der Waals surface area contributed by atoms with Crippen LogP contribution in [0.3, 0.4) is 0 Å². The van der Waals surface area contributed by atoms with Crippen LogP contribution in [0.1, 0.15) is 22.3 Å². The molecule has 0 radical (unpaired) electrons. The van der Waals surface area contributed by atoms with E-state index in [1.165, 1.54) is 77.9 Å². The molecule has 0 amide bonds. The van der Waals surface area contributed by atoms with Gasteiger partial charge in [0.05, 0.1) is 5.41 Å². The molecule has 1 unspecified atom stereocenters. The monoisotopic (exact) mass is 801 g/mol. The molecule has 0 saturated carbocycles. The van der Waals surface area contributed by atoms with Crippen molar-refractivity contribution in [3.8, 4) is 55.6 Å². The lowest BCUT2D eigenvalue weighted by Gasteiger charge is -2.36. The highest BCUT2D eigenvalue weighted by Gasteiger charge is 2.50. The molecule has 1 spiro atoms. The van der Waals surface area contributed by atoms with Crippen molar-refractivity contribution in [3.05, 3.63) is 259 Å². The van der Waals surface area contributed by atoms with Crippen LogP contribution in [-0.2, 0) is 5.41 Å². The Morgan fingerprint density at radius 2 is 0.730 bits per heavy atom. The van der Waals surface area contributed by atoms with Gasteiger partial charge in [0.25, 0.3) is 0 Å². The van der Waals surface area contributed by atoms with Crippen LogP contribution in [0.25, 0.3) is 77.6 Å². The minimum atomic E-state index is -0.614. The molecule has 2 nitrogen and oxygen atoms in total. The summed E-state index contributed by atoms with van der Waals surface area (Å²) >= 11 is 0. The molecular weight excluding hydrogens is 763 g/mol. The predicted molar refractivity (Wildman–Crippen MR) is 261 cm³/mol. The summed E-state index contributed by atoms with van der Waals surface area (Å²) in [4.78, 5) is 2.40. The number of rotatable bonds is 5. The molecule has 0 fully saturated rings. The molecule has 0 N–H and O–H groups in total. The number of nitrogens with zero attached hydrogens (tertiary/aromatic N) is 1. The number of benzene rings is 10. The minimum Gasteiger partial charge on any atom is -0.456 e. The highest BCUT2D eigenvalue weighted by molar-refractivity contribution is 6.09. The highest BCUT2D eigenvalue weighted by Crippen LogP contribution is 2.62. The Kier molecular flexibility index (Phi) is 7.85. The van der Waals surface area contributed by atoms with Crippen molar-refractivity contribution < 1.29 is 4.42 Å². The van der Waals surface area contributed by atoms with Gasteiger partial charge in [-0.15, -0.1) is 0 Å². The predicted octanol–water partition coefficient (Wildman–Crippen LogP) is 16.4. The summed E-state index contributed by atoms with van der Waals surface area (Å²) in [5, 5.41) is 2.27. The van der Waals surface area contributed by atoms with Crippen molar-refractivity contribution in [3.63, 3.8) is 0 Å². The van der Waals surface area contributed by atoms with E-state index in [2.05, 4.69) is 241 Å². The molecule has 11 aromatic rings. The Balaban J connectivity index is 1.03. The van der Waals surface area contributed by atoms with Gasteiger partial charge in [-0.2, -0.15) is 0 Å². The molecule has 2 aliphatic carbocycles. The Morgan fingerprint density at radius 1 is 0.270 bits per heavy atom. The maximum atomic E-state index is 6.56. The molecule has 1 atom stereocenters. The van der Waals surface area contributed by atoms with Gasteiger partial charge in [-0.25, -0.2) is 0 Å². The summed E-state index contributed by atoms with van der Waals surface area (Å²) < 4.78 is 6.56. The second-order valence-electron chi connectivity index (χ2n) is 16.8. The van der Waals surface area contributed by atoms with E-state index >= 15 is 0 Å². The molecule has 0 bridgehead atoms. The fourth-order valence-electron chi connectivity index (χ4n) is 10.8. The van der Waals surface area contributed by atoms with Gasteiger partial charge in [0.15, 0.2) is 0 Å². The number of furan rings is 1. The van der Waals surface area contributed by atoms with Gasteiger partial charge in [0.2, 0.25) is 0 Å². The fourth-order valence-corrected chi connectivity index (χ4v) is 10.8. The molecular formula is C61H39NO. The zero-order valence-electron chi connectivity index (χ0n) is 34.4. The Hall–Kier alpha value is -8.20. The first-order chi connectivity index (χ1) is 31.2. The largest absolute Gasteiger partial charge is 0.456 e. The molecule has 2 heteroatoms. The number of hydrogen-bond donors (Lipinski definition) is 0. The van der Waals surface area contributed by atoms with Crippen LogP contribution < -0.4 is 4.90 Å². The van der Waals surface area contributed by atoms with E-state index in [0.717, 1.165) is 39.0 Å². The topological polar surface area (TPSA) is 16.4 Å². The number of anilines is 3.